The molecular weight excluding hydrogens is 393 g/mol. The van der Waals surface area contributed by atoms with Crippen LogP contribution in [0.4, 0.5) is 10.1 Å². The van der Waals surface area contributed by atoms with Gasteiger partial charge in [0, 0.05) is 25.4 Å². The van der Waals surface area contributed by atoms with Gasteiger partial charge in [0.15, 0.2) is 12.4 Å². The molecule has 30 heavy (non-hydrogen) atoms. The number of nitrogens with zero attached hydrogens (tertiary/aromatic N) is 1. The fourth-order valence-corrected chi connectivity index (χ4v) is 3.28. The average molecular weight is 420 g/mol. The van der Waals surface area contributed by atoms with Crippen molar-refractivity contribution in [2.24, 2.45) is 0 Å². The Morgan fingerprint density at radius 1 is 1.27 bits per heavy atom. The lowest BCUT2D eigenvalue weighted by atomic mass is 10.2. The molecule has 1 saturated heterocycles. The van der Waals surface area contributed by atoms with Crippen LogP contribution < -0.4 is 25.3 Å². The van der Waals surface area contributed by atoms with Crippen LogP contribution in [0.1, 0.15) is 5.76 Å². The Bertz CT molecular complexity index is 879. The summed E-state index contributed by atoms with van der Waals surface area (Å²) in [6, 6.07) is 7.93. The van der Waals surface area contributed by atoms with Crippen LogP contribution in [0.15, 0.2) is 45.8 Å². The highest BCUT2D eigenvalue weighted by Crippen LogP contribution is 2.14. The number of hydrogen-bond acceptors (Lipinski definition) is 6. The number of ether oxygens (including phenoxy) is 2. The summed E-state index contributed by atoms with van der Waals surface area (Å²) >= 11 is 0. The fourth-order valence-electron chi connectivity index (χ4n) is 3.28. The molecule has 0 radical (unpaired) electrons. The van der Waals surface area contributed by atoms with Gasteiger partial charge in [0.25, 0.3) is 5.91 Å². The van der Waals surface area contributed by atoms with Gasteiger partial charge in [-0.05, 0) is 24.3 Å². The minimum atomic E-state index is -0.334. The van der Waals surface area contributed by atoms with E-state index in [4.69, 9.17) is 13.9 Å². The Kier molecular flexibility index (Phi) is 7.81. The lowest BCUT2D eigenvalue weighted by molar-refractivity contribution is -0.915. The largest absolute Gasteiger partial charge is 0.477 e. The number of anilines is 1. The van der Waals surface area contributed by atoms with Crippen LogP contribution in [-0.4, -0.2) is 59.0 Å². The number of carbonyl (C=O) groups is 1. The van der Waals surface area contributed by atoms with Crippen molar-refractivity contribution in [2.45, 2.75) is 6.54 Å². The maximum Gasteiger partial charge on any atom is 0.258 e. The monoisotopic (exact) mass is 420 g/mol. The third-order valence-electron chi connectivity index (χ3n) is 4.93. The van der Waals surface area contributed by atoms with Crippen molar-refractivity contribution in [1.82, 2.24) is 5.32 Å². The number of carbonyl (C=O) groups excluding carboxylic acids is 1. The molecule has 0 atom stereocenters. The number of benzene rings is 1. The molecule has 1 aromatic heterocycles. The van der Waals surface area contributed by atoms with Crippen molar-refractivity contribution >= 4 is 11.6 Å². The first-order valence-corrected chi connectivity index (χ1v) is 9.89. The van der Waals surface area contributed by atoms with Crippen LogP contribution in [-0.2, 0) is 16.1 Å². The maximum absolute atomic E-state index is 13.1. The van der Waals surface area contributed by atoms with E-state index in [1.807, 2.05) is 0 Å². The molecule has 3 rings (SSSR count). The summed E-state index contributed by atoms with van der Waals surface area (Å²) in [5.74, 6) is 0.00934. The Labute approximate surface area is 174 Å². The molecule has 2 heterocycles. The smallest absolute Gasteiger partial charge is 0.258 e. The lowest BCUT2D eigenvalue weighted by Crippen LogP contribution is -3.13. The minimum absolute atomic E-state index is 0.0109. The summed E-state index contributed by atoms with van der Waals surface area (Å²) in [4.78, 5) is 27.4. The third-order valence-corrected chi connectivity index (χ3v) is 4.93. The Hall–Kier alpha value is -2.91. The van der Waals surface area contributed by atoms with Gasteiger partial charge in [-0.25, -0.2) is 4.39 Å². The molecule has 2 N–H and O–H groups in total. The molecule has 0 saturated carbocycles. The highest BCUT2D eigenvalue weighted by Gasteiger charge is 2.21. The quantitative estimate of drug-likeness (QED) is 0.548. The standard InChI is InChI=1S/C21H26FN3O5/c1-28-11-6-23-21(27)15-30-20-14-29-18(12-19(20)26)13-24-7-9-25(10-8-24)17-4-2-16(22)3-5-17/h2-5,12,14H,6-11,13,15H2,1H3,(H,23,27)/p+1. The maximum atomic E-state index is 13.1. The summed E-state index contributed by atoms with van der Waals surface area (Å²) in [5, 5.41) is 2.61. The number of quaternary nitrogens is 1. The molecule has 0 bridgehead atoms. The van der Waals surface area contributed by atoms with E-state index in [0.29, 0.717) is 25.5 Å². The van der Waals surface area contributed by atoms with E-state index >= 15 is 0 Å². The van der Waals surface area contributed by atoms with Crippen molar-refractivity contribution in [1.29, 1.82) is 0 Å². The molecule has 0 unspecified atom stereocenters. The molecular formula is C21H27FN3O5+. The molecule has 1 aromatic carbocycles. The van der Waals surface area contributed by atoms with Crippen LogP contribution in [0.25, 0.3) is 0 Å². The van der Waals surface area contributed by atoms with Crippen molar-refractivity contribution < 1.29 is 28.0 Å². The van der Waals surface area contributed by atoms with Crippen molar-refractivity contribution in [3.63, 3.8) is 0 Å². The second-order valence-corrected chi connectivity index (χ2v) is 7.10. The second-order valence-electron chi connectivity index (χ2n) is 7.10. The normalized spacial score (nSPS) is 14.5. The van der Waals surface area contributed by atoms with Gasteiger partial charge in [-0.1, -0.05) is 0 Å². The molecule has 2 aromatic rings. The first kappa shape index (κ1) is 21.8. The predicted octanol–water partition coefficient (Wildman–Crippen LogP) is -0.175. The van der Waals surface area contributed by atoms with Gasteiger partial charge in [0.05, 0.1) is 32.8 Å². The number of piperazine rings is 1. The summed E-state index contributed by atoms with van der Waals surface area (Å²) in [7, 11) is 1.54. The van der Waals surface area contributed by atoms with E-state index in [2.05, 4.69) is 10.2 Å². The number of halogens is 1. The van der Waals surface area contributed by atoms with Gasteiger partial charge in [-0.15, -0.1) is 0 Å². The van der Waals surface area contributed by atoms with Crippen molar-refractivity contribution in [2.75, 3.05) is 57.9 Å². The lowest BCUT2D eigenvalue weighted by Gasteiger charge is -2.33. The zero-order valence-corrected chi connectivity index (χ0v) is 17.0. The predicted molar refractivity (Wildman–Crippen MR) is 108 cm³/mol. The van der Waals surface area contributed by atoms with Gasteiger partial charge in [-0.2, -0.15) is 0 Å². The Morgan fingerprint density at radius 3 is 2.67 bits per heavy atom. The van der Waals surface area contributed by atoms with E-state index in [1.54, 1.807) is 19.2 Å². The fraction of sp³-hybridized carbons (Fsp3) is 0.429. The van der Waals surface area contributed by atoms with Gasteiger partial charge in [0.2, 0.25) is 11.2 Å². The summed E-state index contributed by atoms with van der Waals surface area (Å²) in [6.45, 7) is 4.54. The van der Waals surface area contributed by atoms with Gasteiger partial charge >= 0.3 is 0 Å². The summed E-state index contributed by atoms with van der Waals surface area (Å²) in [5.41, 5.74) is 0.694. The molecule has 8 nitrogen and oxygen atoms in total. The molecule has 0 aliphatic carbocycles. The molecule has 0 spiro atoms. The number of amides is 1. The van der Waals surface area contributed by atoms with E-state index in [-0.39, 0.29) is 29.5 Å². The SMILES string of the molecule is COCCNC(=O)COc1coc(C[NH+]2CCN(c3ccc(F)cc3)CC2)cc1=O. The van der Waals surface area contributed by atoms with Crippen molar-refractivity contribution in [3.05, 3.63) is 58.4 Å². The van der Waals surface area contributed by atoms with Gasteiger partial charge in [0.1, 0.15) is 18.6 Å². The zero-order chi connectivity index (χ0) is 21.3. The first-order valence-electron chi connectivity index (χ1n) is 9.89. The molecule has 162 valence electrons. The number of hydrogen-bond donors (Lipinski definition) is 2. The molecule has 1 fully saturated rings. The van der Waals surface area contributed by atoms with E-state index in [0.717, 1.165) is 31.9 Å². The molecule has 1 aliphatic heterocycles. The van der Waals surface area contributed by atoms with Crippen LogP contribution >= 0.6 is 0 Å². The van der Waals surface area contributed by atoms with E-state index in [1.165, 1.54) is 29.4 Å². The summed E-state index contributed by atoms with van der Waals surface area (Å²) < 4.78 is 28.7. The van der Waals surface area contributed by atoms with E-state index in [9.17, 15) is 14.0 Å². The molecule has 1 amide bonds. The minimum Gasteiger partial charge on any atom is -0.477 e. The van der Waals surface area contributed by atoms with Crippen LogP contribution in [0, 0.1) is 5.82 Å². The van der Waals surface area contributed by atoms with Gasteiger partial charge in [-0.3, -0.25) is 9.59 Å². The van der Waals surface area contributed by atoms with Gasteiger partial charge < -0.3 is 29.0 Å². The second kappa shape index (κ2) is 10.7. The average Bonchev–Trinajstić information content (AvgIpc) is 2.74. The third kappa shape index (κ3) is 6.30. The topological polar surface area (TPSA) is 85.4 Å². The first-order chi connectivity index (χ1) is 14.5. The molecule has 1 aliphatic rings. The van der Waals surface area contributed by atoms with Crippen LogP contribution in [0.5, 0.6) is 5.75 Å². The Balaban J connectivity index is 1.46. The zero-order valence-electron chi connectivity index (χ0n) is 17.0. The van der Waals surface area contributed by atoms with Crippen LogP contribution in [0.3, 0.4) is 0 Å². The van der Waals surface area contributed by atoms with E-state index < -0.39 is 0 Å². The van der Waals surface area contributed by atoms with Crippen LogP contribution in [0.2, 0.25) is 0 Å². The Morgan fingerprint density at radius 2 is 2.00 bits per heavy atom. The highest BCUT2D eigenvalue weighted by atomic mass is 19.1. The number of methoxy groups -OCH3 is 1. The highest BCUT2D eigenvalue weighted by molar-refractivity contribution is 5.77. The number of rotatable bonds is 9. The summed E-state index contributed by atoms with van der Waals surface area (Å²) in [6.07, 6.45) is 1.26. The van der Waals surface area contributed by atoms with Crippen molar-refractivity contribution in [3.8, 4) is 5.75 Å². The molecule has 9 heteroatoms. The number of nitrogens with one attached hydrogen (secondary N) is 2.